The molecule has 0 saturated carbocycles. The average molecular weight is 277 g/mol. The first-order valence-corrected chi connectivity index (χ1v) is 7.27. The summed E-state index contributed by atoms with van der Waals surface area (Å²) in [4.78, 5) is 0. The molecule has 0 aliphatic carbocycles. The number of benzene rings is 1. The summed E-state index contributed by atoms with van der Waals surface area (Å²) in [6, 6.07) is 6.39. The predicted molar refractivity (Wildman–Crippen MR) is 84.6 cm³/mol. The van der Waals surface area contributed by atoms with Crippen LogP contribution in [-0.2, 0) is 4.74 Å². The van der Waals surface area contributed by atoms with Crippen LogP contribution in [0.5, 0.6) is 5.75 Å². The normalized spacial score (nSPS) is 10.8. The summed E-state index contributed by atoms with van der Waals surface area (Å²) in [5.41, 5.74) is 2.55. The van der Waals surface area contributed by atoms with Gasteiger partial charge in [0.15, 0.2) is 0 Å². The van der Waals surface area contributed by atoms with Crippen LogP contribution in [0.4, 0.5) is 0 Å². The molecule has 0 radical (unpaired) electrons. The zero-order valence-corrected chi connectivity index (χ0v) is 12.9. The number of nitrogens with one attached hydrogen (secondary N) is 1. The third kappa shape index (κ3) is 6.73. The predicted octanol–water partition coefficient (Wildman–Crippen LogP) is 3.29. The smallest absolute Gasteiger partial charge is 0.119 e. The Morgan fingerprint density at radius 3 is 2.70 bits per heavy atom. The molecule has 0 aromatic heterocycles. The van der Waals surface area contributed by atoms with E-state index in [1.807, 2.05) is 6.08 Å². The number of rotatable bonds is 10. The highest BCUT2D eigenvalue weighted by Gasteiger charge is 2.03. The summed E-state index contributed by atoms with van der Waals surface area (Å²) in [5, 5.41) is 3.19. The number of hydrogen-bond acceptors (Lipinski definition) is 3. The molecule has 0 fully saturated rings. The Hall–Kier alpha value is -1.32. The van der Waals surface area contributed by atoms with Gasteiger partial charge in [0.1, 0.15) is 12.4 Å². The van der Waals surface area contributed by atoms with Crippen LogP contribution >= 0.6 is 0 Å². The van der Waals surface area contributed by atoms with Crippen LogP contribution in [0.25, 0.3) is 0 Å². The fraction of sp³-hybridized carbons (Fsp3) is 0.529. The van der Waals surface area contributed by atoms with Gasteiger partial charge >= 0.3 is 0 Å². The van der Waals surface area contributed by atoms with Crippen LogP contribution in [0, 0.1) is 6.92 Å². The SMILES string of the molecule is C=CCNCCOCCOc1cc(C)cc(C(C)C)c1. The molecule has 1 aromatic rings. The molecule has 0 aliphatic rings. The number of aryl methyl sites for hydroxylation is 1. The molecule has 0 unspecified atom stereocenters. The fourth-order valence-electron chi connectivity index (χ4n) is 1.86. The number of hydrogen-bond donors (Lipinski definition) is 1. The molecule has 3 heteroatoms. The van der Waals surface area contributed by atoms with Crippen molar-refractivity contribution in [2.45, 2.75) is 26.7 Å². The molecule has 3 nitrogen and oxygen atoms in total. The van der Waals surface area contributed by atoms with Crippen molar-refractivity contribution in [1.82, 2.24) is 5.32 Å². The van der Waals surface area contributed by atoms with Gasteiger partial charge in [0.2, 0.25) is 0 Å². The lowest BCUT2D eigenvalue weighted by Gasteiger charge is -2.12. The minimum absolute atomic E-state index is 0.518. The summed E-state index contributed by atoms with van der Waals surface area (Å²) in [7, 11) is 0. The van der Waals surface area contributed by atoms with Crippen LogP contribution in [0.1, 0.15) is 30.9 Å². The Labute approximate surface area is 123 Å². The van der Waals surface area contributed by atoms with Crippen LogP contribution in [0.15, 0.2) is 30.9 Å². The Bertz CT molecular complexity index is 402. The Morgan fingerprint density at radius 1 is 1.20 bits per heavy atom. The van der Waals surface area contributed by atoms with Gasteiger partial charge in [-0.15, -0.1) is 6.58 Å². The summed E-state index contributed by atoms with van der Waals surface area (Å²) >= 11 is 0. The van der Waals surface area contributed by atoms with E-state index in [9.17, 15) is 0 Å². The van der Waals surface area contributed by atoms with E-state index in [1.54, 1.807) is 0 Å². The maximum absolute atomic E-state index is 5.74. The van der Waals surface area contributed by atoms with Gasteiger partial charge in [-0.1, -0.05) is 26.0 Å². The van der Waals surface area contributed by atoms with E-state index in [-0.39, 0.29) is 0 Å². The van der Waals surface area contributed by atoms with Crippen molar-refractivity contribution < 1.29 is 9.47 Å². The van der Waals surface area contributed by atoms with E-state index in [0.717, 1.165) is 18.8 Å². The molecular formula is C17H27NO2. The molecule has 1 N–H and O–H groups in total. The van der Waals surface area contributed by atoms with Gasteiger partial charge < -0.3 is 14.8 Å². The molecule has 1 rings (SSSR count). The zero-order chi connectivity index (χ0) is 14.8. The molecule has 20 heavy (non-hydrogen) atoms. The van der Waals surface area contributed by atoms with Crippen molar-refractivity contribution in [1.29, 1.82) is 0 Å². The van der Waals surface area contributed by atoms with Crippen LogP contribution in [0.2, 0.25) is 0 Å². The maximum Gasteiger partial charge on any atom is 0.119 e. The quantitative estimate of drug-likeness (QED) is 0.526. The van der Waals surface area contributed by atoms with Gasteiger partial charge in [0.05, 0.1) is 13.2 Å². The van der Waals surface area contributed by atoms with Crippen molar-refractivity contribution >= 4 is 0 Å². The van der Waals surface area contributed by atoms with Crippen LogP contribution < -0.4 is 10.1 Å². The first kappa shape index (κ1) is 16.7. The van der Waals surface area contributed by atoms with Crippen molar-refractivity contribution in [3.05, 3.63) is 42.0 Å². The van der Waals surface area contributed by atoms with E-state index in [4.69, 9.17) is 9.47 Å². The lowest BCUT2D eigenvalue weighted by atomic mass is 10.0. The molecule has 1 aromatic carbocycles. The molecule has 0 heterocycles. The van der Waals surface area contributed by atoms with E-state index in [0.29, 0.717) is 25.7 Å². The first-order chi connectivity index (χ1) is 9.63. The van der Waals surface area contributed by atoms with Crippen molar-refractivity contribution in [3.8, 4) is 5.75 Å². The minimum atomic E-state index is 0.518. The molecule has 0 bridgehead atoms. The summed E-state index contributed by atoms with van der Waals surface area (Å²) in [6.07, 6.45) is 1.84. The average Bonchev–Trinajstić information content (AvgIpc) is 2.41. The zero-order valence-electron chi connectivity index (χ0n) is 12.9. The van der Waals surface area contributed by atoms with Gasteiger partial charge in [-0.2, -0.15) is 0 Å². The van der Waals surface area contributed by atoms with Gasteiger partial charge in [0, 0.05) is 13.1 Å². The summed E-state index contributed by atoms with van der Waals surface area (Å²) in [5.74, 6) is 1.45. The van der Waals surface area contributed by atoms with Crippen molar-refractivity contribution in [2.24, 2.45) is 0 Å². The minimum Gasteiger partial charge on any atom is -0.491 e. The largest absolute Gasteiger partial charge is 0.491 e. The van der Waals surface area contributed by atoms with E-state index >= 15 is 0 Å². The highest BCUT2D eigenvalue weighted by Crippen LogP contribution is 2.22. The molecular weight excluding hydrogens is 250 g/mol. The molecule has 0 spiro atoms. The Kier molecular flexibility index (Phi) is 8.00. The molecule has 0 amide bonds. The second-order valence-electron chi connectivity index (χ2n) is 5.19. The number of ether oxygens (including phenoxy) is 2. The highest BCUT2D eigenvalue weighted by atomic mass is 16.5. The second kappa shape index (κ2) is 9.56. The lowest BCUT2D eigenvalue weighted by Crippen LogP contribution is -2.20. The van der Waals surface area contributed by atoms with Gasteiger partial charge in [-0.25, -0.2) is 0 Å². The molecule has 0 atom stereocenters. The van der Waals surface area contributed by atoms with Gasteiger partial charge in [-0.3, -0.25) is 0 Å². The van der Waals surface area contributed by atoms with E-state index < -0.39 is 0 Å². The van der Waals surface area contributed by atoms with Gasteiger partial charge in [-0.05, 0) is 36.1 Å². The van der Waals surface area contributed by atoms with E-state index in [2.05, 4.69) is 50.9 Å². The van der Waals surface area contributed by atoms with Gasteiger partial charge in [0.25, 0.3) is 0 Å². The summed E-state index contributed by atoms with van der Waals surface area (Å²) < 4.78 is 11.2. The molecule has 0 aliphatic heterocycles. The van der Waals surface area contributed by atoms with E-state index in [1.165, 1.54) is 11.1 Å². The van der Waals surface area contributed by atoms with Crippen molar-refractivity contribution in [3.63, 3.8) is 0 Å². The second-order valence-corrected chi connectivity index (χ2v) is 5.19. The van der Waals surface area contributed by atoms with Crippen LogP contribution in [-0.4, -0.2) is 32.9 Å². The molecule has 0 saturated heterocycles. The Morgan fingerprint density at radius 2 is 2.00 bits per heavy atom. The monoisotopic (exact) mass is 277 g/mol. The highest BCUT2D eigenvalue weighted by molar-refractivity contribution is 5.35. The maximum atomic E-state index is 5.74. The molecule has 112 valence electrons. The third-order valence-corrected chi connectivity index (χ3v) is 2.95. The van der Waals surface area contributed by atoms with Crippen LogP contribution in [0.3, 0.4) is 0 Å². The standard InChI is InChI=1S/C17H27NO2/c1-5-6-18-7-8-19-9-10-20-17-12-15(4)11-16(13-17)14(2)3/h5,11-14,18H,1,6-10H2,2-4H3. The fourth-order valence-corrected chi connectivity index (χ4v) is 1.86. The lowest BCUT2D eigenvalue weighted by molar-refractivity contribution is 0.102. The Balaban J connectivity index is 2.23. The van der Waals surface area contributed by atoms with Crippen molar-refractivity contribution in [2.75, 3.05) is 32.9 Å². The topological polar surface area (TPSA) is 30.5 Å². The third-order valence-electron chi connectivity index (χ3n) is 2.95. The summed E-state index contributed by atoms with van der Waals surface area (Å²) in [6.45, 7) is 13.7. The first-order valence-electron chi connectivity index (χ1n) is 7.27.